The van der Waals surface area contributed by atoms with Crippen LogP contribution in [-0.2, 0) is 6.42 Å². The van der Waals surface area contributed by atoms with Crippen LogP contribution in [0.15, 0.2) is 45.3 Å². The van der Waals surface area contributed by atoms with Crippen molar-refractivity contribution in [3.05, 3.63) is 56.7 Å². The van der Waals surface area contributed by atoms with Gasteiger partial charge in [0.25, 0.3) is 0 Å². The Morgan fingerprint density at radius 2 is 1.79 bits per heavy atom. The molecule has 1 aromatic heterocycles. The number of nitrogens with zero attached hydrogens (tertiary/aromatic N) is 1. The molecule has 96 valence electrons. The van der Waals surface area contributed by atoms with Crippen LogP contribution in [0.1, 0.15) is 11.4 Å². The van der Waals surface area contributed by atoms with Gasteiger partial charge in [-0.05, 0) is 29.8 Å². The first-order valence-corrected chi connectivity index (χ1v) is 7.38. The zero-order valence-corrected chi connectivity index (χ0v) is 13.1. The normalized spacial score (nSPS) is 11.1. The van der Waals surface area contributed by atoms with E-state index in [0.717, 1.165) is 32.2 Å². The molecule has 1 heterocycles. The molecule has 0 fully saturated rings. The molecule has 3 rings (SSSR count). The minimum absolute atomic E-state index is 0.683. The summed E-state index contributed by atoms with van der Waals surface area (Å²) in [7, 11) is 0. The molecule has 0 radical (unpaired) electrons. The number of nitrogens with one attached hydrogen (secondary N) is 1. The van der Waals surface area contributed by atoms with Crippen LogP contribution in [-0.4, -0.2) is 9.97 Å². The van der Waals surface area contributed by atoms with Crippen molar-refractivity contribution in [2.45, 2.75) is 6.42 Å². The predicted molar refractivity (Wildman–Crippen MR) is 85.2 cm³/mol. The number of aromatic amines is 1. The summed E-state index contributed by atoms with van der Waals surface area (Å²) in [6.45, 7) is 0. The maximum Gasteiger partial charge on any atom is 0.112 e. The zero-order chi connectivity index (χ0) is 13.4. The number of imidazole rings is 1. The lowest BCUT2D eigenvalue weighted by Gasteiger charge is -1.98. The fraction of sp³-hybridized carbons (Fsp3) is 0.0714. The maximum atomic E-state index is 5.96. The number of benzene rings is 2. The number of anilines is 1. The summed E-state index contributed by atoms with van der Waals surface area (Å²) in [6, 6.07) is 12.1. The summed E-state index contributed by atoms with van der Waals surface area (Å²) in [5.41, 5.74) is 9.64. The van der Waals surface area contributed by atoms with Gasteiger partial charge >= 0.3 is 0 Å². The van der Waals surface area contributed by atoms with Crippen LogP contribution in [0.5, 0.6) is 0 Å². The van der Waals surface area contributed by atoms with Gasteiger partial charge in [-0.2, -0.15) is 0 Å². The van der Waals surface area contributed by atoms with Gasteiger partial charge in [-0.1, -0.05) is 44.0 Å². The van der Waals surface area contributed by atoms with Gasteiger partial charge in [-0.3, -0.25) is 0 Å². The smallest absolute Gasteiger partial charge is 0.112 e. The Morgan fingerprint density at radius 3 is 2.53 bits per heavy atom. The number of rotatable bonds is 2. The van der Waals surface area contributed by atoms with Gasteiger partial charge < -0.3 is 10.7 Å². The molecule has 0 saturated heterocycles. The van der Waals surface area contributed by atoms with E-state index in [9.17, 15) is 0 Å². The van der Waals surface area contributed by atoms with Crippen molar-refractivity contribution in [1.82, 2.24) is 9.97 Å². The van der Waals surface area contributed by atoms with Crippen molar-refractivity contribution in [3.8, 4) is 0 Å². The molecule has 0 saturated carbocycles. The Morgan fingerprint density at radius 1 is 1.05 bits per heavy atom. The Balaban J connectivity index is 1.97. The third-order valence-electron chi connectivity index (χ3n) is 2.91. The molecule has 0 bridgehead atoms. The van der Waals surface area contributed by atoms with E-state index in [1.807, 2.05) is 24.3 Å². The van der Waals surface area contributed by atoms with Crippen LogP contribution in [0.2, 0.25) is 0 Å². The second-order valence-electron chi connectivity index (χ2n) is 4.38. The Bertz CT molecular complexity index is 732. The molecule has 3 nitrogen and oxygen atoms in total. The van der Waals surface area contributed by atoms with E-state index in [2.05, 4.69) is 54.0 Å². The molecule has 5 heteroatoms. The number of nitrogen functional groups attached to an aromatic ring is 1. The SMILES string of the molecule is Nc1cc(Br)cc2[nH]c(Cc3ccc(Br)cc3)nc12. The summed E-state index contributed by atoms with van der Waals surface area (Å²) in [4.78, 5) is 7.87. The van der Waals surface area contributed by atoms with E-state index < -0.39 is 0 Å². The van der Waals surface area contributed by atoms with Gasteiger partial charge in [0, 0.05) is 15.4 Å². The monoisotopic (exact) mass is 379 g/mol. The first kappa shape index (κ1) is 12.7. The van der Waals surface area contributed by atoms with Crippen LogP contribution in [0.4, 0.5) is 5.69 Å². The standard InChI is InChI=1S/C14H11Br2N3/c15-9-3-1-8(2-4-9)5-13-18-12-7-10(16)6-11(17)14(12)19-13/h1-4,6-7H,5,17H2,(H,18,19). The molecule has 0 aliphatic rings. The van der Waals surface area contributed by atoms with Crippen molar-refractivity contribution >= 4 is 48.6 Å². The first-order chi connectivity index (χ1) is 9.11. The fourth-order valence-corrected chi connectivity index (χ4v) is 2.78. The number of halogens is 2. The quantitative estimate of drug-likeness (QED) is 0.652. The van der Waals surface area contributed by atoms with E-state index in [1.54, 1.807) is 0 Å². The van der Waals surface area contributed by atoms with Crippen molar-refractivity contribution in [1.29, 1.82) is 0 Å². The number of hydrogen-bond donors (Lipinski definition) is 2. The molecule has 3 N–H and O–H groups in total. The second-order valence-corrected chi connectivity index (χ2v) is 6.21. The van der Waals surface area contributed by atoms with Gasteiger partial charge in [0.1, 0.15) is 11.3 Å². The van der Waals surface area contributed by atoms with Gasteiger partial charge in [0.05, 0.1) is 11.2 Å². The van der Waals surface area contributed by atoms with E-state index in [1.165, 1.54) is 5.56 Å². The molecular formula is C14H11Br2N3. The molecule has 3 aromatic rings. The van der Waals surface area contributed by atoms with Crippen LogP contribution in [0.3, 0.4) is 0 Å². The molecule has 0 aliphatic heterocycles. The minimum Gasteiger partial charge on any atom is -0.397 e. The van der Waals surface area contributed by atoms with Gasteiger partial charge in [0.15, 0.2) is 0 Å². The van der Waals surface area contributed by atoms with Crippen LogP contribution in [0.25, 0.3) is 11.0 Å². The van der Waals surface area contributed by atoms with Crippen LogP contribution >= 0.6 is 31.9 Å². The Hall–Kier alpha value is -1.33. The highest BCUT2D eigenvalue weighted by molar-refractivity contribution is 9.10. The lowest BCUT2D eigenvalue weighted by atomic mass is 10.1. The Kier molecular flexibility index (Phi) is 3.33. The van der Waals surface area contributed by atoms with Gasteiger partial charge in [0.2, 0.25) is 0 Å². The van der Waals surface area contributed by atoms with Crippen molar-refractivity contribution in [2.75, 3.05) is 5.73 Å². The summed E-state index contributed by atoms with van der Waals surface area (Å²) < 4.78 is 2.03. The minimum atomic E-state index is 0.683. The van der Waals surface area contributed by atoms with Crippen LogP contribution in [0, 0.1) is 0 Å². The molecule has 19 heavy (non-hydrogen) atoms. The lowest BCUT2D eigenvalue weighted by Crippen LogP contribution is -1.90. The third-order valence-corrected chi connectivity index (χ3v) is 3.90. The second kappa shape index (κ2) is 4.98. The number of aromatic nitrogens is 2. The molecule has 0 atom stereocenters. The molecule has 0 aliphatic carbocycles. The summed E-state index contributed by atoms with van der Waals surface area (Å²) in [5.74, 6) is 0.919. The first-order valence-electron chi connectivity index (χ1n) is 5.80. The van der Waals surface area contributed by atoms with E-state index in [4.69, 9.17) is 5.73 Å². The van der Waals surface area contributed by atoms with Crippen molar-refractivity contribution < 1.29 is 0 Å². The highest BCUT2D eigenvalue weighted by atomic mass is 79.9. The van der Waals surface area contributed by atoms with Crippen LogP contribution < -0.4 is 5.73 Å². The van der Waals surface area contributed by atoms with Gasteiger partial charge in [-0.15, -0.1) is 0 Å². The number of H-pyrrole nitrogens is 1. The third kappa shape index (κ3) is 2.67. The predicted octanol–water partition coefficient (Wildman–Crippen LogP) is 4.26. The summed E-state index contributed by atoms with van der Waals surface area (Å²) >= 11 is 6.87. The fourth-order valence-electron chi connectivity index (χ4n) is 2.04. The maximum absolute atomic E-state index is 5.96. The van der Waals surface area contributed by atoms with E-state index in [0.29, 0.717) is 5.69 Å². The lowest BCUT2D eigenvalue weighted by molar-refractivity contribution is 1.04. The summed E-state index contributed by atoms with van der Waals surface area (Å²) in [6.07, 6.45) is 0.763. The zero-order valence-electron chi connectivity index (χ0n) is 9.95. The van der Waals surface area contributed by atoms with E-state index >= 15 is 0 Å². The Labute approximate surface area is 127 Å². The molecule has 0 amide bonds. The summed E-state index contributed by atoms with van der Waals surface area (Å²) in [5, 5.41) is 0. The van der Waals surface area contributed by atoms with Crippen molar-refractivity contribution in [3.63, 3.8) is 0 Å². The number of nitrogens with two attached hydrogens (primary N) is 1. The largest absolute Gasteiger partial charge is 0.397 e. The highest BCUT2D eigenvalue weighted by Gasteiger charge is 2.07. The van der Waals surface area contributed by atoms with E-state index in [-0.39, 0.29) is 0 Å². The average molecular weight is 381 g/mol. The molecule has 0 spiro atoms. The number of hydrogen-bond acceptors (Lipinski definition) is 2. The highest BCUT2D eigenvalue weighted by Crippen LogP contribution is 2.25. The molecule has 2 aromatic carbocycles. The molecule has 0 unspecified atom stereocenters. The topological polar surface area (TPSA) is 54.7 Å². The number of fused-ring (bicyclic) bond motifs is 1. The average Bonchev–Trinajstić information content (AvgIpc) is 2.75. The molecular weight excluding hydrogens is 370 g/mol. The van der Waals surface area contributed by atoms with Gasteiger partial charge in [-0.25, -0.2) is 4.98 Å². The van der Waals surface area contributed by atoms with Crippen molar-refractivity contribution in [2.24, 2.45) is 0 Å².